The molecule has 1 saturated heterocycles. The van der Waals surface area contributed by atoms with Crippen molar-refractivity contribution in [3.05, 3.63) is 23.9 Å². The van der Waals surface area contributed by atoms with Crippen molar-refractivity contribution in [2.45, 2.75) is 12.6 Å². The van der Waals surface area contributed by atoms with Gasteiger partial charge in [0, 0.05) is 13.1 Å². The van der Waals surface area contributed by atoms with E-state index in [1.165, 1.54) is 17.0 Å². The van der Waals surface area contributed by atoms with Crippen LogP contribution in [0.4, 0.5) is 27.8 Å². The number of anilines is 1. The predicted octanol–water partition coefficient (Wildman–Crippen LogP) is 1.92. The van der Waals surface area contributed by atoms with Crippen molar-refractivity contribution in [2.75, 3.05) is 24.5 Å². The average molecular weight is 309 g/mol. The summed E-state index contributed by atoms with van der Waals surface area (Å²) >= 11 is 0. The molecule has 1 aromatic heterocycles. The molecule has 0 saturated carbocycles. The van der Waals surface area contributed by atoms with Crippen molar-refractivity contribution in [2.24, 2.45) is 5.92 Å². The van der Waals surface area contributed by atoms with Crippen LogP contribution in [0.15, 0.2) is 18.2 Å². The van der Waals surface area contributed by atoms with Crippen molar-refractivity contribution in [3.8, 4) is 0 Å². The van der Waals surface area contributed by atoms with E-state index >= 15 is 0 Å². The number of rotatable bonds is 4. The lowest BCUT2D eigenvalue weighted by Crippen LogP contribution is -2.54. The Kier molecular flexibility index (Phi) is 4.29. The fraction of sp³-hybridized carbons (Fsp3) is 0.500. The molecule has 1 aromatic rings. The van der Waals surface area contributed by atoms with E-state index in [4.69, 9.17) is 0 Å². The highest BCUT2D eigenvalue weighted by Crippen LogP contribution is 2.30. The molecule has 0 spiro atoms. The lowest BCUT2D eigenvalue weighted by atomic mass is 9.99. The van der Waals surface area contributed by atoms with Crippen LogP contribution in [-0.4, -0.2) is 37.0 Å². The van der Waals surface area contributed by atoms with Gasteiger partial charge in [-0.25, -0.2) is 13.8 Å². The van der Waals surface area contributed by atoms with Gasteiger partial charge in [0.15, 0.2) is 0 Å². The first-order valence-corrected chi connectivity index (χ1v) is 6.12. The van der Waals surface area contributed by atoms with Crippen LogP contribution in [0, 0.1) is 5.92 Å². The highest BCUT2D eigenvalue weighted by Gasteiger charge is 2.36. The molecular formula is C12H12F5N3O. The molecule has 0 atom stereocenters. The van der Waals surface area contributed by atoms with Gasteiger partial charge in [-0.05, 0) is 12.1 Å². The van der Waals surface area contributed by atoms with Crippen molar-refractivity contribution in [1.29, 1.82) is 0 Å². The van der Waals surface area contributed by atoms with Gasteiger partial charge >= 0.3 is 6.18 Å². The second kappa shape index (κ2) is 5.82. The van der Waals surface area contributed by atoms with Crippen LogP contribution in [0.25, 0.3) is 0 Å². The van der Waals surface area contributed by atoms with Crippen molar-refractivity contribution >= 4 is 11.7 Å². The zero-order valence-electron chi connectivity index (χ0n) is 10.7. The minimum absolute atomic E-state index is 0.114. The van der Waals surface area contributed by atoms with Crippen molar-refractivity contribution < 1.29 is 26.7 Å². The number of nitrogens with one attached hydrogen (secondary N) is 1. The Balaban J connectivity index is 1.91. The average Bonchev–Trinajstić information content (AvgIpc) is 2.34. The number of hydrogen-bond donors (Lipinski definition) is 1. The Bertz CT molecular complexity index is 514. The van der Waals surface area contributed by atoms with Gasteiger partial charge in [0.2, 0.25) is 5.91 Å². The Morgan fingerprint density at radius 1 is 1.38 bits per heavy atom. The molecule has 1 N–H and O–H groups in total. The van der Waals surface area contributed by atoms with Gasteiger partial charge in [0.05, 0.1) is 12.5 Å². The summed E-state index contributed by atoms with van der Waals surface area (Å²) in [5.74, 6) is -0.929. The largest absolute Gasteiger partial charge is 0.433 e. The summed E-state index contributed by atoms with van der Waals surface area (Å²) in [5.41, 5.74) is -1.01. The quantitative estimate of drug-likeness (QED) is 0.864. The molecule has 0 unspecified atom stereocenters. The van der Waals surface area contributed by atoms with Gasteiger partial charge in [-0.1, -0.05) is 6.07 Å². The lowest BCUT2D eigenvalue weighted by Gasteiger charge is -2.39. The van der Waals surface area contributed by atoms with E-state index in [1.807, 2.05) is 0 Å². The van der Waals surface area contributed by atoms with E-state index < -0.39 is 36.7 Å². The molecule has 21 heavy (non-hydrogen) atoms. The van der Waals surface area contributed by atoms with Crippen LogP contribution in [0.1, 0.15) is 5.69 Å². The summed E-state index contributed by atoms with van der Waals surface area (Å²) in [6.45, 7) is -0.413. The molecule has 2 rings (SSSR count). The molecule has 4 nitrogen and oxygen atoms in total. The van der Waals surface area contributed by atoms with E-state index in [2.05, 4.69) is 10.3 Å². The summed E-state index contributed by atoms with van der Waals surface area (Å²) < 4.78 is 61.4. The monoisotopic (exact) mass is 309 g/mol. The minimum Gasteiger partial charge on any atom is -0.355 e. The number of amides is 1. The summed E-state index contributed by atoms with van der Waals surface area (Å²) in [5, 5.41) is 2.08. The van der Waals surface area contributed by atoms with E-state index in [0.717, 1.165) is 6.07 Å². The molecule has 0 bridgehead atoms. The maximum absolute atomic E-state index is 12.5. The third kappa shape index (κ3) is 3.79. The number of carbonyl (C=O) groups is 1. The summed E-state index contributed by atoms with van der Waals surface area (Å²) in [6, 6.07) is 3.49. The number of hydrogen-bond acceptors (Lipinski definition) is 3. The minimum atomic E-state index is -4.53. The predicted molar refractivity (Wildman–Crippen MR) is 64.0 cm³/mol. The standard InChI is InChI=1S/C12H12F5N3O/c13-9(14)4-18-11(21)7-5-20(6-7)10-3-1-2-8(19-10)12(15,16)17/h1-3,7,9H,4-6H2,(H,18,21). The summed E-state index contributed by atoms with van der Waals surface area (Å²) in [6.07, 6.45) is -7.16. The smallest absolute Gasteiger partial charge is 0.355 e. The lowest BCUT2D eigenvalue weighted by molar-refractivity contribution is -0.141. The van der Waals surface area contributed by atoms with Crippen LogP contribution in [-0.2, 0) is 11.0 Å². The first kappa shape index (κ1) is 15.5. The second-order valence-corrected chi connectivity index (χ2v) is 4.62. The molecule has 1 amide bonds. The molecule has 0 radical (unpaired) electrons. The Labute approximate surface area is 116 Å². The fourth-order valence-electron chi connectivity index (χ4n) is 1.91. The topological polar surface area (TPSA) is 45.2 Å². The van der Waals surface area contributed by atoms with Gasteiger partial charge in [0.25, 0.3) is 6.43 Å². The van der Waals surface area contributed by atoms with E-state index in [-0.39, 0.29) is 18.9 Å². The van der Waals surface area contributed by atoms with Gasteiger partial charge in [-0.2, -0.15) is 13.2 Å². The number of halogens is 5. The third-order valence-electron chi connectivity index (χ3n) is 3.03. The molecule has 2 heterocycles. The van der Waals surface area contributed by atoms with Crippen LogP contribution in [0.5, 0.6) is 0 Å². The van der Waals surface area contributed by atoms with Crippen LogP contribution >= 0.6 is 0 Å². The van der Waals surface area contributed by atoms with E-state index in [9.17, 15) is 26.7 Å². The molecule has 0 aromatic carbocycles. The second-order valence-electron chi connectivity index (χ2n) is 4.62. The van der Waals surface area contributed by atoms with Gasteiger partial charge < -0.3 is 10.2 Å². The Morgan fingerprint density at radius 2 is 2.05 bits per heavy atom. The fourth-order valence-corrected chi connectivity index (χ4v) is 1.91. The maximum Gasteiger partial charge on any atom is 0.433 e. The van der Waals surface area contributed by atoms with Gasteiger partial charge in [0.1, 0.15) is 11.5 Å². The maximum atomic E-state index is 12.5. The van der Waals surface area contributed by atoms with Gasteiger partial charge in [-0.15, -0.1) is 0 Å². The number of aromatic nitrogens is 1. The van der Waals surface area contributed by atoms with Crippen LogP contribution in [0.2, 0.25) is 0 Å². The number of carbonyl (C=O) groups excluding carboxylic acids is 1. The molecule has 1 fully saturated rings. The van der Waals surface area contributed by atoms with Gasteiger partial charge in [-0.3, -0.25) is 4.79 Å². The van der Waals surface area contributed by atoms with Crippen LogP contribution in [0.3, 0.4) is 0 Å². The number of nitrogens with zero attached hydrogens (tertiary/aromatic N) is 2. The normalized spacial score (nSPS) is 16.0. The first-order chi connectivity index (χ1) is 9.77. The van der Waals surface area contributed by atoms with Crippen molar-refractivity contribution in [1.82, 2.24) is 10.3 Å². The summed E-state index contributed by atoms with van der Waals surface area (Å²) in [4.78, 5) is 16.4. The summed E-state index contributed by atoms with van der Waals surface area (Å²) in [7, 11) is 0. The first-order valence-electron chi connectivity index (χ1n) is 6.12. The van der Waals surface area contributed by atoms with Crippen LogP contribution < -0.4 is 10.2 Å². The Morgan fingerprint density at radius 3 is 2.62 bits per heavy atom. The third-order valence-corrected chi connectivity index (χ3v) is 3.03. The highest BCUT2D eigenvalue weighted by molar-refractivity contribution is 5.81. The highest BCUT2D eigenvalue weighted by atomic mass is 19.4. The molecule has 1 aliphatic rings. The molecule has 116 valence electrons. The molecule has 9 heteroatoms. The molecule has 1 aliphatic heterocycles. The zero-order chi connectivity index (χ0) is 15.6. The number of alkyl halides is 5. The van der Waals surface area contributed by atoms with E-state index in [1.54, 1.807) is 0 Å². The zero-order valence-corrected chi connectivity index (χ0v) is 10.7. The van der Waals surface area contributed by atoms with Crippen molar-refractivity contribution in [3.63, 3.8) is 0 Å². The number of pyridine rings is 1. The van der Waals surface area contributed by atoms with E-state index in [0.29, 0.717) is 0 Å². The Hall–Kier alpha value is -1.93. The molecular weight excluding hydrogens is 297 g/mol. The SMILES string of the molecule is O=C(NCC(F)F)C1CN(c2cccc(C(F)(F)F)n2)C1. The molecule has 0 aliphatic carbocycles.